The fourth-order valence-corrected chi connectivity index (χ4v) is 2.31. The number of oxime groups is 2. The molecule has 2 N–H and O–H groups in total. The Bertz CT molecular complexity index is 675. The molecule has 3 rings (SSSR count). The molecular formula is C16H16N4O3+2. The van der Waals surface area contributed by atoms with Gasteiger partial charge in [-0.15, -0.1) is 0 Å². The van der Waals surface area contributed by atoms with E-state index in [1.54, 1.807) is 0 Å². The molecule has 0 radical (unpaired) electrons. The fraction of sp³-hybridized carbons (Fsp3) is 0.125. The van der Waals surface area contributed by atoms with Crippen molar-refractivity contribution in [2.75, 3.05) is 0 Å². The van der Waals surface area contributed by atoms with Gasteiger partial charge in [0.1, 0.15) is 0 Å². The highest BCUT2D eigenvalue weighted by molar-refractivity contribution is 5.78. The zero-order valence-corrected chi connectivity index (χ0v) is 12.2. The van der Waals surface area contributed by atoms with Crippen molar-refractivity contribution < 1.29 is 24.3 Å². The van der Waals surface area contributed by atoms with Crippen molar-refractivity contribution in [3.63, 3.8) is 0 Å². The molecule has 0 spiro atoms. The largest absolute Gasteiger partial charge is 0.411 e. The minimum atomic E-state index is -0.203. The molecule has 2 aromatic heterocycles. The molecule has 0 aliphatic carbocycles. The van der Waals surface area contributed by atoms with Crippen LogP contribution < -0.4 is 9.13 Å². The van der Waals surface area contributed by atoms with Crippen molar-refractivity contribution in [3.05, 3.63) is 72.3 Å². The molecule has 7 heteroatoms. The fourth-order valence-electron chi connectivity index (χ4n) is 2.31. The van der Waals surface area contributed by atoms with Crippen LogP contribution in [0.4, 0.5) is 0 Å². The molecule has 116 valence electrons. The molecule has 2 aromatic rings. The highest BCUT2D eigenvalue weighted by Gasteiger charge is 2.31. The SMILES string of the molecule is O/N=C/c1cc[n+](C2C=CC([n+]3ccc(/C=N/O)cc3)O2)cc1. The molecule has 2 atom stereocenters. The van der Waals surface area contributed by atoms with Gasteiger partial charge in [-0.25, -0.2) is 4.74 Å². The molecular weight excluding hydrogens is 296 g/mol. The van der Waals surface area contributed by atoms with Crippen molar-refractivity contribution >= 4 is 12.4 Å². The Kier molecular flexibility index (Phi) is 4.39. The van der Waals surface area contributed by atoms with Gasteiger partial charge in [-0.1, -0.05) is 10.3 Å². The Labute approximate surface area is 132 Å². The lowest BCUT2D eigenvalue weighted by Gasteiger charge is -2.07. The second kappa shape index (κ2) is 6.80. The summed E-state index contributed by atoms with van der Waals surface area (Å²) in [6, 6.07) is 7.33. The van der Waals surface area contributed by atoms with Crippen LogP contribution in [-0.4, -0.2) is 22.8 Å². The second-order valence-corrected chi connectivity index (χ2v) is 4.95. The molecule has 0 amide bonds. The number of hydrogen-bond acceptors (Lipinski definition) is 5. The minimum absolute atomic E-state index is 0.203. The highest BCUT2D eigenvalue weighted by Crippen LogP contribution is 2.19. The van der Waals surface area contributed by atoms with Crippen LogP contribution in [0, 0.1) is 0 Å². The molecule has 23 heavy (non-hydrogen) atoms. The summed E-state index contributed by atoms with van der Waals surface area (Å²) in [4.78, 5) is 0. The van der Waals surface area contributed by atoms with Gasteiger partial charge in [0, 0.05) is 47.5 Å². The summed E-state index contributed by atoms with van der Waals surface area (Å²) in [5, 5.41) is 23.0. The first-order valence-corrected chi connectivity index (χ1v) is 7.00. The van der Waals surface area contributed by atoms with Crippen LogP contribution in [0.1, 0.15) is 23.6 Å². The van der Waals surface area contributed by atoms with Crippen LogP contribution >= 0.6 is 0 Å². The van der Waals surface area contributed by atoms with Crippen LogP contribution in [-0.2, 0) is 4.74 Å². The van der Waals surface area contributed by atoms with E-state index in [0.29, 0.717) is 0 Å². The third kappa shape index (κ3) is 3.41. The predicted molar refractivity (Wildman–Crippen MR) is 80.3 cm³/mol. The van der Waals surface area contributed by atoms with E-state index in [0.717, 1.165) is 11.1 Å². The molecule has 3 heterocycles. The number of aromatic nitrogens is 2. The van der Waals surface area contributed by atoms with Crippen molar-refractivity contribution in [2.45, 2.75) is 12.5 Å². The lowest BCUT2D eigenvalue weighted by atomic mass is 10.3. The Balaban J connectivity index is 1.69. The molecule has 0 saturated heterocycles. The standard InChI is InChI=1S/C16H14N4O3/c21-17-11-13-3-7-19(8-4-13)15-1-2-16(23-15)20-9-5-14(6-10-20)12-18-22/h1-12,15-16H/p+2. The average Bonchev–Trinajstić information content (AvgIpc) is 3.07. The number of ether oxygens (including phenoxy) is 1. The monoisotopic (exact) mass is 312 g/mol. The molecule has 0 fully saturated rings. The van der Waals surface area contributed by atoms with Crippen LogP contribution in [0.3, 0.4) is 0 Å². The van der Waals surface area contributed by atoms with Crippen molar-refractivity contribution in [2.24, 2.45) is 10.3 Å². The summed E-state index contributed by atoms with van der Waals surface area (Å²) in [5.41, 5.74) is 1.61. The third-order valence-electron chi connectivity index (χ3n) is 3.48. The van der Waals surface area contributed by atoms with Gasteiger partial charge in [0.15, 0.2) is 24.8 Å². The maximum atomic E-state index is 8.52. The van der Waals surface area contributed by atoms with Crippen LogP contribution in [0.2, 0.25) is 0 Å². The normalized spacial score (nSPS) is 20.7. The average molecular weight is 312 g/mol. The summed E-state index contributed by atoms with van der Waals surface area (Å²) in [6.45, 7) is 0. The highest BCUT2D eigenvalue weighted by atomic mass is 16.5. The van der Waals surface area contributed by atoms with Crippen molar-refractivity contribution in [1.29, 1.82) is 0 Å². The molecule has 0 aromatic carbocycles. The van der Waals surface area contributed by atoms with Crippen LogP contribution in [0.25, 0.3) is 0 Å². The summed E-state index contributed by atoms with van der Waals surface area (Å²) in [6.07, 6.45) is 13.7. The molecule has 0 saturated carbocycles. The smallest absolute Gasteiger partial charge is 0.288 e. The van der Waals surface area contributed by atoms with E-state index in [-0.39, 0.29) is 12.5 Å². The van der Waals surface area contributed by atoms with Gasteiger partial charge in [-0.05, 0) is 0 Å². The Morgan fingerprint density at radius 1 is 0.783 bits per heavy atom. The number of nitrogens with zero attached hydrogens (tertiary/aromatic N) is 4. The van der Waals surface area contributed by atoms with E-state index in [1.165, 1.54) is 12.4 Å². The van der Waals surface area contributed by atoms with Gasteiger partial charge in [-0.3, -0.25) is 0 Å². The number of hydrogen-bond donors (Lipinski definition) is 2. The lowest BCUT2D eigenvalue weighted by Crippen LogP contribution is -2.43. The van der Waals surface area contributed by atoms with E-state index in [4.69, 9.17) is 15.2 Å². The minimum Gasteiger partial charge on any atom is -0.411 e. The van der Waals surface area contributed by atoms with Gasteiger partial charge in [0.2, 0.25) is 0 Å². The molecule has 2 unspecified atom stereocenters. The van der Waals surface area contributed by atoms with Gasteiger partial charge in [0.05, 0.1) is 12.4 Å². The zero-order valence-electron chi connectivity index (χ0n) is 12.2. The van der Waals surface area contributed by atoms with Gasteiger partial charge in [-0.2, -0.15) is 9.13 Å². The first kappa shape index (κ1) is 14.9. The summed E-state index contributed by atoms with van der Waals surface area (Å²) in [5.74, 6) is 0. The van der Waals surface area contributed by atoms with Crippen LogP contribution in [0.15, 0.2) is 71.5 Å². The maximum absolute atomic E-state index is 8.52. The Hall–Kier alpha value is -3.06. The van der Waals surface area contributed by atoms with E-state index < -0.39 is 0 Å². The lowest BCUT2D eigenvalue weighted by molar-refractivity contribution is -0.804. The summed E-state index contributed by atoms with van der Waals surface area (Å²) >= 11 is 0. The van der Waals surface area contributed by atoms with Crippen LogP contribution in [0.5, 0.6) is 0 Å². The number of rotatable bonds is 4. The zero-order chi connectivity index (χ0) is 16.1. The Morgan fingerprint density at radius 3 is 1.52 bits per heavy atom. The van der Waals surface area contributed by atoms with Crippen molar-refractivity contribution in [1.82, 2.24) is 0 Å². The van der Waals surface area contributed by atoms with Gasteiger partial charge < -0.3 is 10.4 Å². The second-order valence-electron chi connectivity index (χ2n) is 4.95. The summed E-state index contributed by atoms with van der Waals surface area (Å²) < 4.78 is 9.81. The van der Waals surface area contributed by atoms with E-state index in [2.05, 4.69) is 10.3 Å². The molecule has 1 aliphatic rings. The quantitative estimate of drug-likeness (QED) is 0.292. The molecule has 1 aliphatic heterocycles. The van der Waals surface area contributed by atoms with E-state index in [1.807, 2.05) is 70.3 Å². The molecule has 0 bridgehead atoms. The topological polar surface area (TPSA) is 82.2 Å². The van der Waals surface area contributed by atoms with Gasteiger partial charge >= 0.3 is 0 Å². The number of pyridine rings is 2. The maximum Gasteiger partial charge on any atom is 0.288 e. The third-order valence-corrected chi connectivity index (χ3v) is 3.48. The van der Waals surface area contributed by atoms with Crippen molar-refractivity contribution in [3.8, 4) is 0 Å². The Morgan fingerprint density at radius 2 is 1.17 bits per heavy atom. The van der Waals surface area contributed by atoms with E-state index in [9.17, 15) is 0 Å². The summed E-state index contributed by atoms with van der Waals surface area (Å²) in [7, 11) is 0. The first-order chi connectivity index (χ1) is 11.3. The van der Waals surface area contributed by atoms with E-state index >= 15 is 0 Å². The molecule has 7 nitrogen and oxygen atoms in total. The predicted octanol–water partition coefficient (Wildman–Crippen LogP) is 1.16. The van der Waals surface area contributed by atoms with Gasteiger partial charge in [0.25, 0.3) is 12.5 Å². The first-order valence-electron chi connectivity index (χ1n) is 7.00.